The van der Waals surface area contributed by atoms with Gasteiger partial charge >= 0.3 is 0 Å². The third-order valence-corrected chi connectivity index (χ3v) is 4.17. The van der Waals surface area contributed by atoms with Gasteiger partial charge in [0.2, 0.25) is 11.8 Å². The maximum Gasteiger partial charge on any atom is 0.246 e. The number of carbonyl (C=O) groups excluding carboxylic acids is 2. The lowest BCUT2D eigenvalue weighted by Crippen LogP contribution is -2.51. The van der Waals surface area contributed by atoms with Gasteiger partial charge in [-0.1, -0.05) is 0 Å². The topological polar surface area (TPSA) is 62.3 Å². The number of likely N-dealkylation sites (tertiary alicyclic amines) is 1. The molecule has 2 heterocycles. The van der Waals surface area contributed by atoms with E-state index in [0.717, 1.165) is 14.6 Å². The fraction of sp³-hybridized carbons (Fsp3) is 0.417. The Morgan fingerprint density at radius 3 is 2.89 bits per heavy atom. The van der Waals surface area contributed by atoms with Crippen molar-refractivity contribution in [3.05, 3.63) is 26.9 Å². The number of hydrogen-bond donors (Lipinski definition) is 1. The van der Waals surface area contributed by atoms with Crippen molar-refractivity contribution in [2.75, 3.05) is 7.05 Å². The molecule has 7 heteroatoms. The maximum atomic E-state index is 11.9. The van der Waals surface area contributed by atoms with Gasteiger partial charge in [-0.15, -0.1) is 0 Å². The number of rotatable bonds is 3. The van der Waals surface area contributed by atoms with Crippen molar-refractivity contribution in [3.8, 4) is 0 Å². The number of nitrogens with zero attached hydrogens (tertiary/aromatic N) is 2. The second-order valence-electron chi connectivity index (χ2n) is 4.35. The summed E-state index contributed by atoms with van der Waals surface area (Å²) in [4.78, 5) is 28.7. The van der Waals surface area contributed by atoms with Gasteiger partial charge in [0.15, 0.2) is 0 Å². The number of aromatic nitrogens is 1. The average molecular weight is 391 g/mol. The summed E-state index contributed by atoms with van der Waals surface area (Å²) in [5.74, 6) is -0.296. The number of amides is 2. The van der Waals surface area contributed by atoms with Crippen molar-refractivity contribution >= 4 is 43.7 Å². The number of nitrogens with one attached hydrogen (secondary N) is 1. The normalized spacial score (nSPS) is 19.9. The van der Waals surface area contributed by atoms with E-state index < -0.39 is 0 Å². The van der Waals surface area contributed by atoms with Crippen LogP contribution in [0.1, 0.15) is 18.5 Å². The summed E-state index contributed by atoms with van der Waals surface area (Å²) in [5, 5.41) is 3.15. The minimum Gasteiger partial charge on any atom is -0.300 e. The van der Waals surface area contributed by atoms with Gasteiger partial charge in [0, 0.05) is 35.2 Å². The first-order chi connectivity index (χ1) is 8.99. The number of hydrogen-bond acceptors (Lipinski definition) is 4. The molecule has 2 rings (SSSR count). The summed E-state index contributed by atoms with van der Waals surface area (Å²) >= 11 is 6.76. The van der Waals surface area contributed by atoms with Crippen molar-refractivity contribution < 1.29 is 9.59 Å². The Labute approximate surface area is 128 Å². The predicted octanol–water partition coefficient (Wildman–Crippen LogP) is 1.84. The molecule has 0 aliphatic carbocycles. The molecule has 1 atom stereocenters. The van der Waals surface area contributed by atoms with Gasteiger partial charge in [-0.05, 0) is 44.3 Å². The highest BCUT2D eigenvalue weighted by Gasteiger charge is 2.31. The van der Waals surface area contributed by atoms with Crippen molar-refractivity contribution in [1.82, 2.24) is 15.2 Å². The lowest BCUT2D eigenvalue weighted by Gasteiger charge is -2.28. The summed E-state index contributed by atoms with van der Waals surface area (Å²) in [6.07, 6.45) is 2.64. The van der Waals surface area contributed by atoms with Crippen LogP contribution < -0.4 is 5.32 Å². The van der Waals surface area contributed by atoms with E-state index in [4.69, 9.17) is 0 Å². The molecule has 1 fully saturated rings. The van der Waals surface area contributed by atoms with Gasteiger partial charge in [0.05, 0.1) is 11.7 Å². The van der Waals surface area contributed by atoms with E-state index in [9.17, 15) is 9.59 Å². The second-order valence-corrected chi connectivity index (χ2v) is 6.12. The third kappa shape index (κ3) is 3.40. The molecule has 1 aliphatic heterocycles. The molecule has 1 unspecified atom stereocenters. The van der Waals surface area contributed by atoms with Crippen LogP contribution in [-0.4, -0.2) is 34.8 Å². The van der Waals surface area contributed by atoms with E-state index in [1.54, 1.807) is 6.20 Å². The molecular formula is C12H13Br2N3O2. The average Bonchev–Trinajstić information content (AvgIpc) is 2.37. The molecule has 1 aliphatic rings. The third-order valence-electron chi connectivity index (χ3n) is 3.05. The molecule has 19 heavy (non-hydrogen) atoms. The van der Waals surface area contributed by atoms with Gasteiger partial charge in [-0.25, -0.2) is 0 Å². The Morgan fingerprint density at radius 1 is 1.47 bits per heavy atom. The zero-order valence-corrected chi connectivity index (χ0v) is 13.5. The molecule has 0 bridgehead atoms. The highest BCUT2D eigenvalue weighted by molar-refractivity contribution is 9.11. The lowest BCUT2D eigenvalue weighted by molar-refractivity contribution is -0.148. The molecule has 1 aromatic rings. The second kappa shape index (κ2) is 6.11. The first-order valence-corrected chi connectivity index (χ1v) is 7.41. The van der Waals surface area contributed by atoms with Gasteiger partial charge in [-0.2, -0.15) is 0 Å². The molecule has 0 radical (unpaired) electrons. The van der Waals surface area contributed by atoms with Gasteiger partial charge in [-0.3, -0.25) is 19.5 Å². The Bertz CT molecular complexity index is 522. The summed E-state index contributed by atoms with van der Waals surface area (Å²) < 4.78 is 1.77. The first-order valence-electron chi connectivity index (χ1n) is 5.82. The number of carbonyl (C=O) groups is 2. The van der Waals surface area contributed by atoms with Crippen LogP contribution in [0.25, 0.3) is 0 Å². The number of piperidine rings is 1. The fourth-order valence-corrected chi connectivity index (χ4v) is 3.03. The molecule has 0 saturated carbocycles. The van der Waals surface area contributed by atoms with Crippen LogP contribution in [-0.2, 0) is 16.1 Å². The number of halogens is 2. The minimum absolute atomic E-state index is 0.119. The Morgan fingerprint density at radius 2 is 2.21 bits per heavy atom. The number of pyridine rings is 1. The molecule has 0 aromatic carbocycles. The van der Waals surface area contributed by atoms with E-state index in [2.05, 4.69) is 42.2 Å². The van der Waals surface area contributed by atoms with Crippen LogP contribution in [0.5, 0.6) is 0 Å². The van der Waals surface area contributed by atoms with E-state index in [1.165, 1.54) is 11.9 Å². The Balaban J connectivity index is 1.99. The van der Waals surface area contributed by atoms with E-state index in [0.29, 0.717) is 19.4 Å². The van der Waals surface area contributed by atoms with Crippen LogP contribution in [0.15, 0.2) is 21.2 Å². The molecule has 1 saturated heterocycles. The quantitative estimate of drug-likeness (QED) is 0.800. The molecule has 2 amide bonds. The Kier molecular flexibility index (Phi) is 4.70. The number of likely N-dealkylation sites (N-methyl/N-ethyl adjacent to an activating group) is 1. The van der Waals surface area contributed by atoms with E-state index in [1.807, 2.05) is 6.07 Å². The molecule has 1 aromatic heterocycles. The number of imide groups is 1. The molecule has 102 valence electrons. The summed E-state index contributed by atoms with van der Waals surface area (Å²) in [6.45, 7) is 0.478. The maximum absolute atomic E-state index is 11.9. The molecule has 0 spiro atoms. The van der Waals surface area contributed by atoms with Crippen molar-refractivity contribution in [2.24, 2.45) is 0 Å². The highest BCUT2D eigenvalue weighted by atomic mass is 79.9. The van der Waals surface area contributed by atoms with Gasteiger partial charge in [0.1, 0.15) is 0 Å². The highest BCUT2D eigenvalue weighted by Crippen LogP contribution is 2.20. The molecule has 5 nitrogen and oxygen atoms in total. The van der Waals surface area contributed by atoms with E-state index in [-0.39, 0.29) is 17.9 Å². The first kappa shape index (κ1) is 14.6. The van der Waals surface area contributed by atoms with Crippen LogP contribution in [0.3, 0.4) is 0 Å². The Hall–Kier alpha value is -0.790. The monoisotopic (exact) mass is 389 g/mol. The van der Waals surface area contributed by atoms with Crippen molar-refractivity contribution in [2.45, 2.75) is 25.4 Å². The van der Waals surface area contributed by atoms with Crippen LogP contribution in [0, 0.1) is 0 Å². The fourth-order valence-electron chi connectivity index (χ4n) is 1.90. The molecule has 1 N–H and O–H groups in total. The predicted molar refractivity (Wildman–Crippen MR) is 77.3 cm³/mol. The smallest absolute Gasteiger partial charge is 0.246 e. The van der Waals surface area contributed by atoms with Crippen molar-refractivity contribution in [1.29, 1.82) is 0 Å². The zero-order valence-electron chi connectivity index (χ0n) is 10.3. The minimum atomic E-state index is -0.319. The summed E-state index contributed by atoms with van der Waals surface area (Å²) in [5.41, 5.74) is 0.829. The van der Waals surface area contributed by atoms with Crippen molar-refractivity contribution in [3.63, 3.8) is 0 Å². The van der Waals surface area contributed by atoms with Crippen LogP contribution in [0.4, 0.5) is 0 Å². The van der Waals surface area contributed by atoms with Gasteiger partial charge < -0.3 is 5.32 Å². The summed E-state index contributed by atoms with van der Waals surface area (Å²) in [7, 11) is 1.52. The zero-order chi connectivity index (χ0) is 14.0. The summed E-state index contributed by atoms with van der Waals surface area (Å²) in [6, 6.07) is 1.59. The lowest BCUT2D eigenvalue weighted by atomic mass is 10.0. The van der Waals surface area contributed by atoms with E-state index >= 15 is 0 Å². The standard InChI is InChI=1S/C12H13Br2N3O2/c1-17-11(18)3-2-9(12(17)19)16-6-10-8(14)4-7(13)5-15-10/h4-5,9,16H,2-3,6H2,1H3. The van der Waals surface area contributed by atoms with Crippen LogP contribution in [0.2, 0.25) is 0 Å². The SMILES string of the molecule is CN1C(=O)CCC(NCc2ncc(Br)cc2Br)C1=O. The van der Waals surface area contributed by atoms with Gasteiger partial charge in [0.25, 0.3) is 0 Å². The molecular weight excluding hydrogens is 378 g/mol. The largest absolute Gasteiger partial charge is 0.300 e. The van der Waals surface area contributed by atoms with Crippen LogP contribution >= 0.6 is 31.9 Å².